The lowest BCUT2D eigenvalue weighted by Gasteiger charge is -2.10. The monoisotopic (exact) mass is 363 g/mol. The van der Waals surface area contributed by atoms with Crippen molar-refractivity contribution in [1.29, 1.82) is 0 Å². The molecule has 1 saturated heterocycles. The number of nitrogens with one attached hydrogen (secondary N) is 1. The van der Waals surface area contributed by atoms with Crippen LogP contribution in [0.1, 0.15) is 29.6 Å². The molecule has 0 aliphatic carbocycles. The molecule has 1 aromatic rings. The van der Waals surface area contributed by atoms with E-state index in [4.69, 9.17) is 9.47 Å². The fourth-order valence-electron chi connectivity index (χ4n) is 2.28. The Bertz CT molecular complexity index is 516. The van der Waals surface area contributed by atoms with Crippen LogP contribution >= 0.6 is 11.8 Å². The van der Waals surface area contributed by atoms with E-state index in [9.17, 15) is 18.0 Å². The minimum Gasteiger partial charge on any atom is -0.379 e. The third kappa shape index (κ3) is 7.11. The summed E-state index contributed by atoms with van der Waals surface area (Å²) in [6.07, 6.45) is 2.96. The molecule has 1 atom stereocenters. The molecular formula is C16H20F3NO3S. The molecule has 2 rings (SSSR count). The highest BCUT2D eigenvalue weighted by Gasteiger charge is 2.29. The quantitative estimate of drug-likeness (QED) is 0.566. The average Bonchev–Trinajstić information content (AvgIpc) is 3.03. The van der Waals surface area contributed by atoms with Gasteiger partial charge in [0.25, 0.3) is 5.91 Å². The fraction of sp³-hybridized carbons (Fsp3) is 0.562. The van der Waals surface area contributed by atoms with Crippen LogP contribution in [-0.4, -0.2) is 43.9 Å². The van der Waals surface area contributed by atoms with Crippen LogP contribution in [0.5, 0.6) is 0 Å². The second-order valence-electron chi connectivity index (χ2n) is 5.39. The number of halogens is 3. The van der Waals surface area contributed by atoms with Crippen molar-refractivity contribution in [1.82, 2.24) is 5.32 Å². The number of carbonyl (C=O) groups excluding carboxylic acids is 1. The number of benzene rings is 1. The molecule has 0 saturated carbocycles. The van der Waals surface area contributed by atoms with Crippen molar-refractivity contribution >= 4 is 17.7 Å². The van der Waals surface area contributed by atoms with E-state index in [1.165, 1.54) is 24.3 Å². The topological polar surface area (TPSA) is 47.6 Å². The molecule has 8 heteroatoms. The Morgan fingerprint density at radius 1 is 1.33 bits per heavy atom. The van der Waals surface area contributed by atoms with E-state index in [1.807, 2.05) is 0 Å². The summed E-state index contributed by atoms with van der Waals surface area (Å²) in [5.74, 6) is -0.308. The summed E-state index contributed by atoms with van der Waals surface area (Å²) in [7, 11) is 0. The number of ether oxygens (including phenoxy) is 2. The SMILES string of the molecule is O=C(NCCCOCC1CCCO1)c1ccc(SC(F)(F)F)cc1. The van der Waals surface area contributed by atoms with Gasteiger partial charge in [-0.3, -0.25) is 4.79 Å². The summed E-state index contributed by atoms with van der Waals surface area (Å²) >= 11 is -0.200. The van der Waals surface area contributed by atoms with Gasteiger partial charge < -0.3 is 14.8 Å². The van der Waals surface area contributed by atoms with Gasteiger partial charge in [-0.15, -0.1) is 0 Å². The highest BCUT2D eigenvalue weighted by Crippen LogP contribution is 2.36. The normalized spacial score (nSPS) is 17.9. The largest absolute Gasteiger partial charge is 0.446 e. The first-order chi connectivity index (χ1) is 11.4. The lowest BCUT2D eigenvalue weighted by atomic mass is 10.2. The van der Waals surface area contributed by atoms with Gasteiger partial charge in [0.2, 0.25) is 0 Å². The molecule has 1 aliphatic heterocycles. The number of carbonyl (C=O) groups is 1. The van der Waals surface area contributed by atoms with Crippen molar-refractivity contribution < 1.29 is 27.4 Å². The summed E-state index contributed by atoms with van der Waals surface area (Å²) in [5, 5.41) is 2.72. The summed E-state index contributed by atoms with van der Waals surface area (Å²) in [4.78, 5) is 11.9. The fourth-order valence-corrected chi connectivity index (χ4v) is 2.82. The minimum atomic E-state index is -4.33. The number of alkyl halides is 3. The molecule has 134 valence electrons. The first-order valence-corrected chi connectivity index (χ1v) is 8.59. The van der Waals surface area contributed by atoms with Crippen LogP contribution in [0.2, 0.25) is 0 Å². The van der Waals surface area contributed by atoms with E-state index in [-0.39, 0.29) is 28.7 Å². The van der Waals surface area contributed by atoms with E-state index >= 15 is 0 Å². The predicted molar refractivity (Wildman–Crippen MR) is 85.1 cm³/mol. The van der Waals surface area contributed by atoms with Gasteiger partial charge in [-0.05, 0) is 55.3 Å². The Balaban J connectivity index is 1.61. The van der Waals surface area contributed by atoms with Crippen molar-refractivity contribution in [3.05, 3.63) is 29.8 Å². The molecule has 1 fully saturated rings. The van der Waals surface area contributed by atoms with Crippen LogP contribution in [-0.2, 0) is 9.47 Å². The van der Waals surface area contributed by atoms with Crippen molar-refractivity contribution in [3.63, 3.8) is 0 Å². The molecule has 0 aromatic heterocycles. The lowest BCUT2D eigenvalue weighted by Crippen LogP contribution is -2.25. The minimum absolute atomic E-state index is 0.0570. The van der Waals surface area contributed by atoms with E-state index in [2.05, 4.69) is 5.32 Å². The van der Waals surface area contributed by atoms with Gasteiger partial charge in [-0.1, -0.05) is 0 Å². The van der Waals surface area contributed by atoms with Gasteiger partial charge in [0, 0.05) is 30.2 Å². The summed E-state index contributed by atoms with van der Waals surface area (Å²) in [6.45, 7) is 2.35. The maximum atomic E-state index is 12.2. The van der Waals surface area contributed by atoms with Crippen LogP contribution in [0, 0.1) is 0 Å². The zero-order valence-corrected chi connectivity index (χ0v) is 13.9. The predicted octanol–water partition coefficient (Wildman–Crippen LogP) is 3.61. The van der Waals surface area contributed by atoms with Crippen LogP contribution < -0.4 is 5.32 Å². The summed E-state index contributed by atoms with van der Waals surface area (Å²) in [6, 6.07) is 5.35. The zero-order valence-electron chi connectivity index (χ0n) is 13.1. The van der Waals surface area contributed by atoms with Crippen molar-refractivity contribution in [2.75, 3.05) is 26.4 Å². The lowest BCUT2D eigenvalue weighted by molar-refractivity contribution is -0.0328. The maximum Gasteiger partial charge on any atom is 0.446 e. The van der Waals surface area contributed by atoms with Crippen LogP contribution in [0.15, 0.2) is 29.2 Å². The Kier molecular flexibility index (Phi) is 7.39. The standard InChI is InChI=1S/C16H20F3NO3S/c17-16(18,19)24-14-6-4-12(5-7-14)15(21)20-8-2-9-22-11-13-3-1-10-23-13/h4-7,13H,1-3,8-11H2,(H,20,21). The molecule has 0 bridgehead atoms. The van der Waals surface area contributed by atoms with Gasteiger partial charge in [-0.25, -0.2) is 0 Å². The van der Waals surface area contributed by atoms with Gasteiger partial charge in [0.05, 0.1) is 12.7 Å². The third-order valence-corrected chi connectivity index (χ3v) is 4.17. The summed E-state index contributed by atoms with van der Waals surface area (Å²) < 4.78 is 47.6. The first-order valence-electron chi connectivity index (χ1n) is 7.77. The Morgan fingerprint density at radius 2 is 2.08 bits per heavy atom. The molecule has 1 aliphatic rings. The van der Waals surface area contributed by atoms with Crippen molar-refractivity contribution in [2.24, 2.45) is 0 Å². The van der Waals surface area contributed by atoms with Gasteiger partial charge in [0.15, 0.2) is 0 Å². The highest BCUT2D eigenvalue weighted by molar-refractivity contribution is 8.00. The number of hydrogen-bond donors (Lipinski definition) is 1. The van der Waals surface area contributed by atoms with E-state index < -0.39 is 5.51 Å². The Labute approximate surface area is 143 Å². The average molecular weight is 363 g/mol. The van der Waals surface area contributed by atoms with Crippen molar-refractivity contribution in [2.45, 2.75) is 35.8 Å². The van der Waals surface area contributed by atoms with E-state index in [0.29, 0.717) is 31.7 Å². The molecule has 1 amide bonds. The maximum absolute atomic E-state index is 12.2. The number of thioether (sulfide) groups is 1. The third-order valence-electron chi connectivity index (χ3n) is 3.43. The van der Waals surface area contributed by atoms with Gasteiger partial charge >= 0.3 is 5.51 Å². The molecule has 4 nitrogen and oxygen atoms in total. The second-order valence-corrected chi connectivity index (χ2v) is 6.53. The van der Waals surface area contributed by atoms with Crippen LogP contribution in [0.25, 0.3) is 0 Å². The molecule has 1 unspecified atom stereocenters. The van der Waals surface area contributed by atoms with Crippen LogP contribution in [0.4, 0.5) is 13.2 Å². The summed E-state index contributed by atoms with van der Waals surface area (Å²) in [5.41, 5.74) is -3.99. The Morgan fingerprint density at radius 3 is 2.71 bits per heavy atom. The van der Waals surface area contributed by atoms with E-state index in [0.717, 1.165) is 19.4 Å². The molecule has 1 N–H and O–H groups in total. The van der Waals surface area contributed by atoms with Gasteiger partial charge in [0.1, 0.15) is 0 Å². The van der Waals surface area contributed by atoms with Gasteiger partial charge in [-0.2, -0.15) is 13.2 Å². The molecule has 1 aromatic carbocycles. The molecule has 0 spiro atoms. The van der Waals surface area contributed by atoms with Crippen molar-refractivity contribution in [3.8, 4) is 0 Å². The number of rotatable bonds is 8. The molecular weight excluding hydrogens is 343 g/mol. The Hall–Kier alpha value is -1.25. The molecule has 24 heavy (non-hydrogen) atoms. The second kappa shape index (κ2) is 9.29. The zero-order chi connectivity index (χ0) is 17.4. The molecule has 1 heterocycles. The van der Waals surface area contributed by atoms with E-state index in [1.54, 1.807) is 0 Å². The first kappa shape index (κ1) is 19.1. The molecule has 0 radical (unpaired) electrons. The number of hydrogen-bond acceptors (Lipinski definition) is 4. The van der Waals surface area contributed by atoms with Crippen LogP contribution in [0.3, 0.4) is 0 Å². The highest BCUT2D eigenvalue weighted by atomic mass is 32.2. The number of amides is 1. The smallest absolute Gasteiger partial charge is 0.379 e.